The molecule has 108 valence electrons. The third-order valence-corrected chi connectivity index (χ3v) is 3.83. The number of aromatic nitrogens is 1. The minimum atomic E-state index is -4.50. The van der Waals surface area contributed by atoms with Gasteiger partial charge in [0.15, 0.2) is 0 Å². The normalized spacial score (nSPS) is 11.8. The van der Waals surface area contributed by atoms with E-state index in [9.17, 15) is 17.6 Å². The number of hydrogen-bond donors (Lipinski definition) is 0. The van der Waals surface area contributed by atoms with Crippen molar-refractivity contribution in [2.45, 2.75) is 19.0 Å². The van der Waals surface area contributed by atoms with E-state index in [2.05, 4.69) is 4.98 Å². The quantitative estimate of drug-likeness (QED) is 0.561. The Balaban J connectivity index is 2.34. The lowest BCUT2D eigenvalue weighted by Crippen LogP contribution is -2.05. The van der Waals surface area contributed by atoms with Crippen molar-refractivity contribution in [2.24, 2.45) is 0 Å². The highest BCUT2D eigenvalue weighted by Crippen LogP contribution is 2.34. The smallest absolute Gasteiger partial charge is 0.241 e. The van der Waals surface area contributed by atoms with Gasteiger partial charge in [0.2, 0.25) is 0 Å². The maximum Gasteiger partial charge on any atom is 0.416 e. The van der Waals surface area contributed by atoms with Crippen molar-refractivity contribution in [3.05, 3.63) is 40.7 Å². The second-order valence-corrected chi connectivity index (χ2v) is 5.36. The van der Waals surface area contributed by atoms with Crippen molar-refractivity contribution >= 4 is 22.9 Å². The van der Waals surface area contributed by atoms with Gasteiger partial charge in [-0.05, 0) is 31.0 Å². The van der Waals surface area contributed by atoms with Crippen LogP contribution in [0, 0.1) is 5.82 Å². The van der Waals surface area contributed by atoms with Crippen molar-refractivity contribution < 1.29 is 17.6 Å². The van der Waals surface area contributed by atoms with Crippen LogP contribution in [-0.2, 0) is 12.6 Å². The molecule has 0 aliphatic heterocycles. The number of alkyl halides is 4. The second kappa shape index (κ2) is 6.10. The van der Waals surface area contributed by atoms with E-state index in [4.69, 9.17) is 11.6 Å². The van der Waals surface area contributed by atoms with Crippen molar-refractivity contribution in [1.82, 2.24) is 4.98 Å². The first-order chi connectivity index (χ1) is 9.41. The van der Waals surface area contributed by atoms with E-state index in [1.165, 1.54) is 0 Å². The average molecular weight is 324 g/mol. The number of benzene rings is 1. The van der Waals surface area contributed by atoms with Gasteiger partial charge in [-0.2, -0.15) is 13.2 Å². The number of rotatable bonds is 4. The summed E-state index contributed by atoms with van der Waals surface area (Å²) in [6.07, 6.45) is -3.16. The van der Waals surface area contributed by atoms with E-state index in [-0.39, 0.29) is 10.6 Å². The predicted molar refractivity (Wildman–Crippen MR) is 71.6 cm³/mol. The van der Waals surface area contributed by atoms with Crippen LogP contribution >= 0.6 is 22.9 Å². The van der Waals surface area contributed by atoms with Crippen LogP contribution in [0.15, 0.2) is 23.6 Å². The summed E-state index contributed by atoms with van der Waals surface area (Å²) in [5, 5.41) is 1.96. The molecular formula is C13H10ClF4NS. The van der Waals surface area contributed by atoms with Gasteiger partial charge in [-0.25, -0.2) is 9.37 Å². The van der Waals surface area contributed by atoms with E-state index in [0.29, 0.717) is 18.0 Å². The third-order valence-electron chi connectivity index (χ3n) is 2.64. The van der Waals surface area contributed by atoms with E-state index in [1.54, 1.807) is 5.38 Å². The van der Waals surface area contributed by atoms with Crippen LogP contribution in [0.5, 0.6) is 0 Å². The van der Waals surface area contributed by atoms with Crippen LogP contribution in [0.3, 0.4) is 0 Å². The zero-order valence-electron chi connectivity index (χ0n) is 10.2. The summed E-state index contributed by atoms with van der Waals surface area (Å²) in [7, 11) is 0. The highest BCUT2D eigenvalue weighted by atomic mass is 35.5. The first-order valence-corrected chi connectivity index (χ1v) is 7.20. The summed E-state index contributed by atoms with van der Waals surface area (Å²) in [5.74, 6) is -0.235. The van der Waals surface area contributed by atoms with E-state index in [1.807, 2.05) is 0 Å². The Kier molecular flexibility index (Phi) is 4.65. The van der Waals surface area contributed by atoms with Crippen LogP contribution in [-0.4, -0.2) is 10.9 Å². The zero-order chi connectivity index (χ0) is 14.8. The van der Waals surface area contributed by atoms with Crippen LogP contribution < -0.4 is 0 Å². The van der Waals surface area contributed by atoms with Crippen molar-refractivity contribution in [3.8, 4) is 10.6 Å². The number of nitrogens with zero attached hydrogens (tertiary/aromatic N) is 1. The molecule has 1 nitrogen and oxygen atoms in total. The predicted octanol–water partition coefficient (Wildman–Crippen LogP) is 5.14. The van der Waals surface area contributed by atoms with Gasteiger partial charge in [-0.3, -0.25) is 0 Å². The fourth-order valence-electron chi connectivity index (χ4n) is 1.66. The van der Waals surface area contributed by atoms with Gasteiger partial charge in [0.25, 0.3) is 0 Å². The summed E-state index contributed by atoms with van der Waals surface area (Å²) in [5.41, 5.74) is -0.296. The molecule has 7 heteroatoms. The summed E-state index contributed by atoms with van der Waals surface area (Å²) >= 11 is 6.69. The molecule has 0 aliphatic rings. The van der Waals surface area contributed by atoms with E-state index >= 15 is 0 Å². The molecule has 0 fully saturated rings. The van der Waals surface area contributed by atoms with Gasteiger partial charge in [0.1, 0.15) is 10.8 Å². The Bertz CT molecular complexity index is 594. The van der Waals surface area contributed by atoms with Gasteiger partial charge in [-0.15, -0.1) is 22.9 Å². The second-order valence-electron chi connectivity index (χ2n) is 4.13. The van der Waals surface area contributed by atoms with Gasteiger partial charge >= 0.3 is 6.18 Å². The molecule has 2 aromatic rings. The molecule has 1 aromatic carbocycles. The number of aryl methyl sites for hydroxylation is 1. The van der Waals surface area contributed by atoms with Crippen LogP contribution in [0.1, 0.15) is 17.7 Å². The van der Waals surface area contributed by atoms with Crippen LogP contribution in [0.4, 0.5) is 17.6 Å². The molecule has 0 spiro atoms. The molecule has 20 heavy (non-hydrogen) atoms. The lowest BCUT2D eigenvalue weighted by atomic mass is 10.1. The zero-order valence-corrected chi connectivity index (χ0v) is 11.7. The Morgan fingerprint density at radius 1 is 1.25 bits per heavy atom. The SMILES string of the molecule is Fc1ccc(C(F)(F)F)cc1-c1nc(CCCCl)cs1. The molecule has 0 N–H and O–H groups in total. The van der Waals surface area contributed by atoms with E-state index in [0.717, 1.165) is 36.0 Å². The summed E-state index contributed by atoms with van der Waals surface area (Å²) in [6, 6.07) is 2.33. The highest BCUT2D eigenvalue weighted by molar-refractivity contribution is 7.13. The molecule has 0 bridgehead atoms. The molecule has 2 rings (SSSR count). The molecule has 0 aliphatic carbocycles. The third kappa shape index (κ3) is 3.49. The molecular weight excluding hydrogens is 314 g/mol. The van der Waals surface area contributed by atoms with Gasteiger partial charge < -0.3 is 0 Å². The number of halogens is 5. The largest absolute Gasteiger partial charge is 0.416 e. The molecule has 0 saturated heterocycles. The summed E-state index contributed by atoms with van der Waals surface area (Å²) < 4.78 is 51.6. The molecule has 1 heterocycles. The van der Waals surface area contributed by atoms with Crippen molar-refractivity contribution in [3.63, 3.8) is 0 Å². The van der Waals surface area contributed by atoms with E-state index < -0.39 is 17.6 Å². The monoisotopic (exact) mass is 323 g/mol. The number of thiazole rings is 1. The maximum atomic E-state index is 13.7. The lowest BCUT2D eigenvalue weighted by molar-refractivity contribution is -0.137. The Morgan fingerprint density at radius 3 is 2.65 bits per heavy atom. The maximum absolute atomic E-state index is 13.7. The molecule has 0 radical (unpaired) electrons. The average Bonchev–Trinajstić information content (AvgIpc) is 2.84. The van der Waals surface area contributed by atoms with Gasteiger partial charge in [0.05, 0.1) is 11.3 Å². The Morgan fingerprint density at radius 2 is 2.00 bits per heavy atom. The van der Waals surface area contributed by atoms with Gasteiger partial charge in [0, 0.05) is 16.8 Å². The first-order valence-electron chi connectivity index (χ1n) is 5.79. The molecule has 0 saturated carbocycles. The molecule has 1 aromatic heterocycles. The minimum Gasteiger partial charge on any atom is -0.241 e. The fraction of sp³-hybridized carbons (Fsp3) is 0.308. The molecule has 0 unspecified atom stereocenters. The Hall–Kier alpha value is -1.14. The standard InChI is InChI=1S/C13H10ClF4NS/c14-5-1-2-9-7-20-12(19-9)10-6-8(13(16,17)18)3-4-11(10)15/h3-4,6-7H,1-2,5H2. The molecule has 0 amide bonds. The minimum absolute atomic E-state index is 0.123. The van der Waals surface area contributed by atoms with Crippen molar-refractivity contribution in [2.75, 3.05) is 5.88 Å². The summed E-state index contributed by atoms with van der Waals surface area (Å²) in [4.78, 5) is 4.15. The summed E-state index contributed by atoms with van der Waals surface area (Å²) in [6.45, 7) is 0. The van der Waals surface area contributed by atoms with Gasteiger partial charge in [-0.1, -0.05) is 0 Å². The van der Waals surface area contributed by atoms with Crippen LogP contribution in [0.2, 0.25) is 0 Å². The lowest BCUT2D eigenvalue weighted by Gasteiger charge is -2.08. The van der Waals surface area contributed by atoms with Crippen LogP contribution in [0.25, 0.3) is 10.6 Å². The fourth-order valence-corrected chi connectivity index (χ4v) is 2.66. The first kappa shape index (κ1) is 15.3. The highest BCUT2D eigenvalue weighted by Gasteiger charge is 2.31. The molecule has 0 atom stereocenters. The Labute approximate surface area is 122 Å². The topological polar surface area (TPSA) is 12.9 Å². The van der Waals surface area contributed by atoms with Crippen molar-refractivity contribution in [1.29, 1.82) is 0 Å². The number of hydrogen-bond acceptors (Lipinski definition) is 2.